The highest BCUT2D eigenvalue weighted by Gasteiger charge is 2.08. The van der Waals surface area contributed by atoms with E-state index in [9.17, 15) is 0 Å². The summed E-state index contributed by atoms with van der Waals surface area (Å²) in [6.45, 7) is 0. The lowest BCUT2D eigenvalue weighted by molar-refractivity contribution is 0.395. The Morgan fingerprint density at radius 3 is 2.40 bits per heavy atom. The molecule has 2 aromatic rings. The van der Waals surface area contributed by atoms with Crippen LogP contribution in [0.2, 0.25) is 0 Å². The number of anilines is 2. The van der Waals surface area contributed by atoms with Crippen molar-refractivity contribution in [3.63, 3.8) is 0 Å². The number of nitrogens with two attached hydrogens (primary N) is 1. The molecular formula is C14H15N3O2S. The number of hydrogen-bond donors (Lipinski definition) is 2. The van der Waals surface area contributed by atoms with Crippen molar-refractivity contribution in [1.82, 2.24) is 4.98 Å². The molecule has 0 aliphatic rings. The van der Waals surface area contributed by atoms with Gasteiger partial charge in [-0.1, -0.05) is 12.2 Å². The summed E-state index contributed by atoms with van der Waals surface area (Å²) in [5.74, 6) is 1.38. The molecule has 0 aliphatic carbocycles. The van der Waals surface area contributed by atoms with Crippen LogP contribution in [0.25, 0.3) is 0 Å². The lowest BCUT2D eigenvalue weighted by Crippen LogP contribution is -2.13. The van der Waals surface area contributed by atoms with Gasteiger partial charge in [0, 0.05) is 30.1 Å². The van der Waals surface area contributed by atoms with Crippen LogP contribution < -0.4 is 20.5 Å². The number of aromatic nitrogens is 1. The SMILES string of the molecule is COc1cc(Nc2cccnc2C(N)=S)cc(OC)c1. The summed E-state index contributed by atoms with van der Waals surface area (Å²) in [6, 6.07) is 9.15. The highest BCUT2D eigenvalue weighted by Crippen LogP contribution is 2.28. The Kier molecular flexibility index (Phi) is 4.37. The van der Waals surface area contributed by atoms with Gasteiger partial charge in [-0.2, -0.15) is 0 Å². The van der Waals surface area contributed by atoms with Gasteiger partial charge < -0.3 is 20.5 Å². The van der Waals surface area contributed by atoms with Crippen LogP contribution in [0.4, 0.5) is 11.4 Å². The minimum Gasteiger partial charge on any atom is -0.497 e. The van der Waals surface area contributed by atoms with Crippen molar-refractivity contribution < 1.29 is 9.47 Å². The fourth-order valence-corrected chi connectivity index (χ4v) is 1.90. The number of ether oxygens (including phenoxy) is 2. The van der Waals surface area contributed by atoms with Crippen molar-refractivity contribution >= 4 is 28.6 Å². The van der Waals surface area contributed by atoms with E-state index in [0.29, 0.717) is 17.2 Å². The van der Waals surface area contributed by atoms with Gasteiger partial charge in [-0.3, -0.25) is 4.98 Å². The van der Waals surface area contributed by atoms with Crippen molar-refractivity contribution in [2.24, 2.45) is 5.73 Å². The monoisotopic (exact) mass is 289 g/mol. The van der Waals surface area contributed by atoms with Crippen molar-refractivity contribution in [1.29, 1.82) is 0 Å². The van der Waals surface area contributed by atoms with Gasteiger partial charge in [0.25, 0.3) is 0 Å². The molecule has 0 fully saturated rings. The lowest BCUT2D eigenvalue weighted by Gasteiger charge is -2.12. The molecule has 0 spiro atoms. The Hall–Kier alpha value is -2.34. The smallest absolute Gasteiger partial charge is 0.124 e. The molecule has 1 aromatic heterocycles. The van der Waals surface area contributed by atoms with E-state index in [4.69, 9.17) is 27.4 Å². The van der Waals surface area contributed by atoms with E-state index >= 15 is 0 Å². The molecule has 104 valence electrons. The molecule has 3 N–H and O–H groups in total. The van der Waals surface area contributed by atoms with Crippen LogP contribution in [-0.2, 0) is 0 Å². The Morgan fingerprint density at radius 2 is 1.85 bits per heavy atom. The first kappa shape index (κ1) is 14.1. The van der Waals surface area contributed by atoms with Crippen molar-refractivity contribution in [2.45, 2.75) is 0 Å². The summed E-state index contributed by atoms with van der Waals surface area (Å²) in [6.07, 6.45) is 1.64. The number of nitrogens with zero attached hydrogens (tertiary/aromatic N) is 1. The number of methoxy groups -OCH3 is 2. The minimum absolute atomic E-state index is 0.239. The maximum Gasteiger partial charge on any atom is 0.124 e. The van der Waals surface area contributed by atoms with Gasteiger partial charge in [0.15, 0.2) is 0 Å². The van der Waals surface area contributed by atoms with E-state index in [1.165, 1.54) is 0 Å². The van der Waals surface area contributed by atoms with Crippen molar-refractivity contribution in [3.05, 3.63) is 42.2 Å². The second kappa shape index (κ2) is 6.21. The number of pyridine rings is 1. The van der Waals surface area contributed by atoms with Crippen LogP contribution in [0.15, 0.2) is 36.5 Å². The van der Waals surface area contributed by atoms with E-state index in [0.717, 1.165) is 11.4 Å². The predicted molar refractivity (Wildman–Crippen MR) is 83.0 cm³/mol. The average molecular weight is 289 g/mol. The summed E-state index contributed by atoms with van der Waals surface area (Å²) in [5.41, 5.74) is 7.74. The van der Waals surface area contributed by atoms with Crippen LogP contribution in [0.5, 0.6) is 11.5 Å². The zero-order valence-electron chi connectivity index (χ0n) is 11.2. The Morgan fingerprint density at radius 1 is 1.20 bits per heavy atom. The second-order valence-electron chi connectivity index (χ2n) is 3.99. The zero-order chi connectivity index (χ0) is 14.5. The number of rotatable bonds is 5. The molecule has 2 rings (SSSR count). The van der Waals surface area contributed by atoms with Crippen molar-refractivity contribution in [3.8, 4) is 11.5 Å². The van der Waals surface area contributed by atoms with Gasteiger partial charge in [-0.15, -0.1) is 0 Å². The van der Waals surface area contributed by atoms with Crippen LogP contribution in [-0.4, -0.2) is 24.2 Å². The maximum atomic E-state index is 5.66. The molecular weight excluding hydrogens is 274 g/mol. The Balaban J connectivity index is 2.37. The standard InChI is InChI=1S/C14H15N3O2S/c1-18-10-6-9(7-11(8-10)19-2)17-12-4-3-5-16-13(12)14(15)20/h3-8,17H,1-2H3,(H2,15,20). The maximum absolute atomic E-state index is 5.66. The molecule has 20 heavy (non-hydrogen) atoms. The third kappa shape index (κ3) is 3.16. The first-order chi connectivity index (χ1) is 9.63. The summed E-state index contributed by atoms with van der Waals surface area (Å²) in [4.78, 5) is 4.41. The van der Waals surface area contributed by atoms with Gasteiger partial charge >= 0.3 is 0 Å². The van der Waals surface area contributed by atoms with Crippen LogP contribution in [0.1, 0.15) is 5.69 Å². The molecule has 0 radical (unpaired) electrons. The Bertz CT molecular complexity index is 609. The van der Waals surface area contributed by atoms with E-state index in [-0.39, 0.29) is 4.99 Å². The average Bonchev–Trinajstić information content (AvgIpc) is 2.47. The summed E-state index contributed by atoms with van der Waals surface area (Å²) >= 11 is 4.99. The molecule has 0 saturated carbocycles. The molecule has 0 aliphatic heterocycles. The fraction of sp³-hybridized carbons (Fsp3) is 0.143. The van der Waals surface area contributed by atoms with Gasteiger partial charge in [0.05, 0.1) is 19.9 Å². The minimum atomic E-state index is 0.239. The molecule has 0 unspecified atom stereocenters. The van der Waals surface area contributed by atoms with Gasteiger partial charge in [-0.05, 0) is 12.1 Å². The van der Waals surface area contributed by atoms with E-state index in [1.807, 2.05) is 24.3 Å². The van der Waals surface area contributed by atoms with Crippen LogP contribution in [0, 0.1) is 0 Å². The molecule has 0 bridgehead atoms. The largest absolute Gasteiger partial charge is 0.497 e. The topological polar surface area (TPSA) is 69.4 Å². The van der Waals surface area contributed by atoms with E-state index < -0.39 is 0 Å². The number of benzene rings is 1. The number of hydrogen-bond acceptors (Lipinski definition) is 5. The highest BCUT2D eigenvalue weighted by molar-refractivity contribution is 7.80. The fourth-order valence-electron chi connectivity index (χ4n) is 1.74. The van der Waals surface area contributed by atoms with E-state index in [1.54, 1.807) is 26.5 Å². The van der Waals surface area contributed by atoms with E-state index in [2.05, 4.69) is 10.3 Å². The Labute approximate surface area is 122 Å². The molecule has 5 nitrogen and oxygen atoms in total. The summed E-state index contributed by atoms with van der Waals surface area (Å²) in [7, 11) is 3.20. The molecule has 0 saturated heterocycles. The highest BCUT2D eigenvalue weighted by atomic mass is 32.1. The normalized spacial score (nSPS) is 9.90. The quantitative estimate of drug-likeness (QED) is 0.824. The zero-order valence-corrected chi connectivity index (χ0v) is 12.0. The van der Waals surface area contributed by atoms with Crippen LogP contribution in [0.3, 0.4) is 0 Å². The first-order valence-corrected chi connectivity index (χ1v) is 6.29. The first-order valence-electron chi connectivity index (χ1n) is 5.89. The molecule has 0 amide bonds. The molecule has 0 atom stereocenters. The number of thiocarbonyl (C=S) groups is 1. The van der Waals surface area contributed by atoms with Gasteiger partial charge in [-0.25, -0.2) is 0 Å². The lowest BCUT2D eigenvalue weighted by atomic mass is 10.2. The van der Waals surface area contributed by atoms with Crippen LogP contribution >= 0.6 is 12.2 Å². The molecule has 6 heteroatoms. The molecule has 1 aromatic carbocycles. The van der Waals surface area contributed by atoms with Crippen molar-refractivity contribution in [2.75, 3.05) is 19.5 Å². The third-order valence-corrected chi connectivity index (χ3v) is 2.86. The second-order valence-corrected chi connectivity index (χ2v) is 4.43. The summed E-state index contributed by atoms with van der Waals surface area (Å²) < 4.78 is 10.5. The van der Waals surface area contributed by atoms with Gasteiger partial charge in [0.1, 0.15) is 22.2 Å². The third-order valence-electron chi connectivity index (χ3n) is 2.67. The number of nitrogens with one attached hydrogen (secondary N) is 1. The predicted octanol–water partition coefficient (Wildman–Crippen LogP) is 2.48. The van der Waals surface area contributed by atoms with Gasteiger partial charge in [0.2, 0.25) is 0 Å². The summed E-state index contributed by atoms with van der Waals surface area (Å²) in [5, 5.41) is 3.21. The molecule has 1 heterocycles.